The Kier molecular flexibility index (Phi) is 11.9. The maximum Gasteiger partial charge on any atom is 0.417 e. The van der Waals surface area contributed by atoms with Gasteiger partial charge in [-0.3, -0.25) is 14.9 Å². The minimum atomic E-state index is -0.814. The van der Waals surface area contributed by atoms with Crippen LogP contribution in [0.3, 0.4) is 0 Å². The van der Waals surface area contributed by atoms with Gasteiger partial charge in [-0.25, -0.2) is 9.59 Å². The quantitative estimate of drug-likeness (QED) is 0.199. The molecule has 0 fully saturated rings. The Bertz CT molecular complexity index is 1660. The summed E-state index contributed by atoms with van der Waals surface area (Å²) in [6.45, 7) is 2.16. The average molecular weight is 673 g/mol. The van der Waals surface area contributed by atoms with Crippen molar-refractivity contribution in [1.29, 1.82) is 0 Å². The molecule has 4 aromatic rings. The molecular weight excluding hydrogens is 644 g/mol. The van der Waals surface area contributed by atoms with Crippen molar-refractivity contribution in [1.82, 2.24) is 0 Å². The molecule has 6 rings (SSSR count). The number of primary amides is 2. The number of hydrogen-bond acceptors (Lipinski definition) is 11. The van der Waals surface area contributed by atoms with Crippen LogP contribution in [0, 0.1) is 0 Å². The van der Waals surface area contributed by atoms with E-state index in [1.165, 1.54) is 22.7 Å². The molecule has 2 aliphatic rings. The van der Waals surface area contributed by atoms with Gasteiger partial charge >= 0.3 is 11.5 Å². The minimum absolute atomic E-state index is 0.355. The number of amides is 3. The smallest absolute Gasteiger partial charge is 0.415 e. The van der Waals surface area contributed by atoms with Gasteiger partial charge in [-0.2, -0.15) is 0 Å². The Morgan fingerprint density at radius 2 is 1.22 bits per heavy atom. The highest BCUT2D eigenvalue weighted by atomic mass is 35.5. The monoisotopic (exact) mass is 672 g/mol. The first kappa shape index (κ1) is 33.4. The van der Waals surface area contributed by atoms with Crippen molar-refractivity contribution in [2.45, 2.75) is 26.1 Å². The molecule has 4 heterocycles. The zero-order valence-electron chi connectivity index (χ0n) is 23.7. The molecule has 0 bridgehead atoms. The number of benzene rings is 2. The summed E-state index contributed by atoms with van der Waals surface area (Å²) >= 11 is 7.64. The fraction of sp³-hybridized carbons (Fsp3) is 0.200. The first-order valence-corrected chi connectivity index (χ1v) is 15.4. The van der Waals surface area contributed by atoms with Crippen LogP contribution < -0.4 is 32.0 Å². The summed E-state index contributed by atoms with van der Waals surface area (Å²) in [5, 5.41) is 3.52. The average Bonchev–Trinajstić information content (AvgIpc) is 3.55. The van der Waals surface area contributed by atoms with Crippen LogP contribution in [-0.4, -0.2) is 36.5 Å². The third-order valence-electron chi connectivity index (χ3n) is 6.27. The Labute approximate surface area is 271 Å². The molecule has 45 heavy (non-hydrogen) atoms. The molecule has 0 unspecified atom stereocenters. The van der Waals surface area contributed by atoms with Gasteiger partial charge in [-0.05, 0) is 48.2 Å². The van der Waals surface area contributed by atoms with E-state index in [0.29, 0.717) is 65.5 Å². The Balaban J connectivity index is 0.000000170. The highest BCUT2D eigenvalue weighted by Crippen LogP contribution is 2.36. The highest BCUT2D eigenvalue weighted by Gasteiger charge is 2.26. The fourth-order valence-corrected chi connectivity index (χ4v) is 6.73. The normalized spacial score (nSPS) is 12.9. The van der Waals surface area contributed by atoms with Crippen LogP contribution in [0.2, 0.25) is 0 Å². The van der Waals surface area contributed by atoms with Gasteiger partial charge < -0.3 is 36.1 Å². The summed E-state index contributed by atoms with van der Waals surface area (Å²) in [5.74, 6) is -0.112. The van der Waals surface area contributed by atoms with Gasteiger partial charge in [0, 0.05) is 21.4 Å². The predicted molar refractivity (Wildman–Crippen MR) is 171 cm³/mol. The number of fused-ring (bicyclic) bond motifs is 2. The van der Waals surface area contributed by atoms with E-state index in [1.807, 2.05) is 12.1 Å². The van der Waals surface area contributed by atoms with E-state index < -0.39 is 23.3 Å². The molecule has 0 aliphatic carbocycles. The Hall–Kier alpha value is -4.47. The molecule has 15 heteroatoms. The lowest BCUT2D eigenvalue weighted by Gasteiger charge is -2.12. The van der Waals surface area contributed by atoms with Crippen LogP contribution >= 0.6 is 34.3 Å². The fourth-order valence-electron chi connectivity index (χ4n) is 4.40. The van der Waals surface area contributed by atoms with Crippen LogP contribution in [-0.2, 0) is 35.5 Å². The summed E-state index contributed by atoms with van der Waals surface area (Å²) in [5.41, 5.74) is 18.3. The molecule has 0 radical (unpaired) electrons. The van der Waals surface area contributed by atoms with Gasteiger partial charge in [0.1, 0.15) is 16.5 Å². The zero-order chi connectivity index (χ0) is 32.3. The minimum Gasteiger partial charge on any atom is -0.415 e. The third-order valence-corrected chi connectivity index (χ3v) is 8.50. The number of anilines is 2. The van der Waals surface area contributed by atoms with E-state index >= 15 is 0 Å². The van der Waals surface area contributed by atoms with Gasteiger partial charge in [0.25, 0.3) is 11.8 Å². The van der Waals surface area contributed by atoms with Gasteiger partial charge in [-0.1, -0.05) is 36.4 Å². The molecule has 0 saturated carbocycles. The molecule has 0 saturated heterocycles. The van der Waals surface area contributed by atoms with Crippen LogP contribution in [0.1, 0.15) is 41.6 Å². The van der Waals surface area contributed by atoms with Crippen molar-refractivity contribution in [3.63, 3.8) is 0 Å². The topological polar surface area (TPSA) is 195 Å². The van der Waals surface area contributed by atoms with Crippen molar-refractivity contribution >= 4 is 67.6 Å². The zero-order valence-corrected chi connectivity index (χ0v) is 26.1. The van der Waals surface area contributed by atoms with E-state index in [2.05, 4.69) is 10.1 Å². The highest BCUT2D eigenvalue weighted by molar-refractivity contribution is 7.17. The third kappa shape index (κ3) is 9.26. The van der Waals surface area contributed by atoms with Gasteiger partial charge in [0.05, 0.1) is 42.6 Å². The molecule has 0 atom stereocenters. The number of hydrogen-bond donors (Lipinski definition) is 4. The Morgan fingerprint density at radius 1 is 0.733 bits per heavy atom. The standard InChI is InChI=1S/C15H14N2O4S.C8H10N2O2S.C7H5ClO2/c16-13(18)12-10-6-7-20-8-11(10)22-14(12)17-15(19)21-9-4-2-1-3-5-9;9-7(11)6-4-1-2-12-3-5(4)13-8(6)10;8-7(9)10-6-4-2-1-3-5-6/h1-5H,6-8H2,(H2,16,18)(H,17,19);1-3,10H2,(H2,9,11);1-5H. The van der Waals surface area contributed by atoms with Crippen LogP contribution in [0.25, 0.3) is 0 Å². The lowest BCUT2D eigenvalue weighted by Crippen LogP contribution is -2.21. The molecule has 3 amide bonds. The van der Waals surface area contributed by atoms with Crippen LogP contribution in [0.5, 0.6) is 11.5 Å². The number of thiophene rings is 2. The van der Waals surface area contributed by atoms with Crippen molar-refractivity contribution in [3.05, 3.63) is 92.7 Å². The summed E-state index contributed by atoms with van der Waals surface area (Å²) in [6, 6.07) is 17.3. The Morgan fingerprint density at radius 3 is 1.73 bits per heavy atom. The second-order valence-corrected chi connectivity index (χ2v) is 11.8. The second kappa shape index (κ2) is 16.0. The summed E-state index contributed by atoms with van der Waals surface area (Å²) in [6.07, 6.45) is 0.689. The maximum absolute atomic E-state index is 12.0. The van der Waals surface area contributed by atoms with Crippen molar-refractivity contribution < 1.29 is 38.1 Å². The molecule has 2 aromatic heterocycles. The van der Waals surface area contributed by atoms with Gasteiger partial charge in [0.15, 0.2) is 0 Å². The van der Waals surface area contributed by atoms with E-state index in [-0.39, 0.29) is 0 Å². The predicted octanol–water partition coefficient (Wildman–Crippen LogP) is 5.46. The summed E-state index contributed by atoms with van der Waals surface area (Å²) < 4.78 is 20.3. The van der Waals surface area contributed by atoms with Crippen molar-refractivity contribution in [2.24, 2.45) is 11.5 Å². The number of nitrogens with one attached hydrogen (secondary N) is 1. The number of carbonyl (C=O) groups excluding carboxylic acids is 4. The number of nitrogen functional groups attached to an aromatic ring is 1. The number of ether oxygens (including phenoxy) is 4. The SMILES string of the molecule is NC(=O)c1c(N)sc2c1CCOC2.NC(=O)c1c(NC(=O)Oc2ccccc2)sc2c1CCOC2.O=C(Cl)Oc1ccccc1. The molecular formula is C30H29ClN4O8S2. The van der Waals surface area contributed by atoms with E-state index in [4.69, 9.17) is 43.0 Å². The molecule has 0 spiro atoms. The van der Waals surface area contributed by atoms with Crippen LogP contribution in [0.4, 0.5) is 19.6 Å². The summed E-state index contributed by atoms with van der Waals surface area (Å²) in [7, 11) is 0. The maximum atomic E-state index is 12.0. The number of para-hydroxylation sites is 2. The molecule has 2 aliphatic heterocycles. The largest absolute Gasteiger partial charge is 0.417 e. The van der Waals surface area contributed by atoms with Crippen LogP contribution in [0.15, 0.2) is 60.7 Å². The molecule has 12 nitrogen and oxygen atoms in total. The number of nitrogens with two attached hydrogens (primary N) is 3. The van der Waals surface area contributed by atoms with E-state index in [0.717, 1.165) is 27.3 Å². The second-order valence-electron chi connectivity index (χ2n) is 9.26. The molecule has 7 N–H and O–H groups in total. The lowest BCUT2D eigenvalue weighted by molar-refractivity contribution is 0.0981. The molecule has 2 aromatic carbocycles. The lowest BCUT2D eigenvalue weighted by atomic mass is 10.1. The van der Waals surface area contributed by atoms with E-state index in [9.17, 15) is 19.2 Å². The molecule has 236 valence electrons. The summed E-state index contributed by atoms with van der Waals surface area (Å²) in [4.78, 5) is 46.8. The van der Waals surface area contributed by atoms with E-state index in [1.54, 1.807) is 48.5 Å². The number of carbonyl (C=O) groups is 4. The number of halogens is 1. The number of rotatable bonds is 5. The van der Waals surface area contributed by atoms with Crippen molar-refractivity contribution in [3.8, 4) is 11.5 Å². The van der Waals surface area contributed by atoms with Crippen molar-refractivity contribution in [2.75, 3.05) is 24.3 Å². The van der Waals surface area contributed by atoms with Gasteiger partial charge in [0.2, 0.25) is 0 Å². The van der Waals surface area contributed by atoms with Gasteiger partial charge in [-0.15, -0.1) is 22.7 Å². The first-order chi connectivity index (χ1) is 21.6. The first-order valence-electron chi connectivity index (χ1n) is 13.4.